The number of hydrogen-bond donors (Lipinski definition) is 0. The molecule has 0 bridgehead atoms. The lowest BCUT2D eigenvalue weighted by atomic mass is 9.80. The van der Waals surface area contributed by atoms with Gasteiger partial charge in [-0.1, -0.05) is 36.4 Å². The van der Waals surface area contributed by atoms with E-state index >= 15 is 0 Å². The molecule has 0 amide bonds. The Balaban J connectivity index is 2.19. The van der Waals surface area contributed by atoms with Crippen molar-refractivity contribution in [3.05, 3.63) is 72.3 Å². The maximum Gasteiger partial charge on any atom is 0.123 e. The third-order valence-electron chi connectivity index (χ3n) is 3.63. The molecule has 0 aliphatic carbocycles. The van der Waals surface area contributed by atoms with Gasteiger partial charge in [0.1, 0.15) is 5.41 Å². The Kier molecular flexibility index (Phi) is 2.92. The number of nitriles is 1. The van der Waals surface area contributed by atoms with E-state index in [1.54, 1.807) is 18.6 Å². The molecule has 0 aliphatic heterocycles. The highest BCUT2D eigenvalue weighted by Crippen LogP contribution is 2.31. The molecule has 3 rings (SSSR count). The number of rotatable bonds is 2. The van der Waals surface area contributed by atoms with Crippen LogP contribution in [0.4, 0.5) is 0 Å². The van der Waals surface area contributed by atoms with E-state index in [1.807, 2.05) is 43.3 Å². The summed E-state index contributed by atoms with van der Waals surface area (Å²) in [5.41, 5.74) is 0.801. The summed E-state index contributed by atoms with van der Waals surface area (Å²) in [5, 5.41) is 11.9. The van der Waals surface area contributed by atoms with Crippen molar-refractivity contribution in [2.45, 2.75) is 12.3 Å². The molecule has 0 fully saturated rings. The Morgan fingerprint density at radius 1 is 1.05 bits per heavy atom. The van der Waals surface area contributed by atoms with E-state index in [4.69, 9.17) is 0 Å². The SMILES string of the molecule is CC(C#N)(c1ccc2ccccc2c1)c1cnccn1. The second kappa shape index (κ2) is 4.75. The zero-order chi connectivity index (χ0) is 14.0. The second-order valence-electron chi connectivity index (χ2n) is 4.89. The molecule has 0 saturated carbocycles. The van der Waals surface area contributed by atoms with Crippen LogP contribution in [0.1, 0.15) is 18.2 Å². The number of fused-ring (bicyclic) bond motifs is 1. The summed E-state index contributed by atoms with van der Waals surface area (Å²) >= 11 is 0. The summed E-state index contributed by atoms with van der Waals surface area (Å²) in [6, 6.07) is 16.6. The smallest absolute Gasteiger partial charge is 0.123 e. The molecular weight excluding hydrogens is 246 g/mol. The Morgan fingerprint density at radius 2 is 1.85 bits per heavy atom. The molecule has 0 N–H and O–H groups in total. The van der Waals surface area contributed by atoms with Crippen LogP contribution in [0.25, 0.3) is 10.8 Å². The first-order chi connectivity index (χ1) is 9.74. The lowest BCUT2D eigenvalue weighted by Crippen LogP contribution is -2.22. The Bertz CT molecular complexity index is 790. The molecule has 0 aliphatic rings. The highest BCUT2D eigenvalue weighted by molar-refractivity contribution is 5.83. The van der Waals surface area contributed by atoms with Crippen molar-refractivity contribution in [2.75, 3.05) is 0 Å². The van der Waals surface area contributed by atoms with Gasteiger partial charge in [0.2, 0.25) is 0 Å². The predicted molar refractivity (Wildman–Crippen MR) is 78.0 cm³/mol. The molecular formula is C17H13N3. The predicted octanol–water partition coefficient (Wildman–Crippen LogP) is 3.46. The minimum absolute atomic E-state index is 0.665. The van der Waals surface area contributed by atoms with Gasteiger partial charge in [0.25, 0.3) is 0 Å². The van der Waals surface area contributed by atoms with Gasteiger partial charge in [-0.3, -0.25) is 9.97 Å². The molecule has 20 heavy (non-hydrogen) atoms. The molecule has 1 atom stereocenters. The highest BCUT2D eigenvalue weighted by Gasteiger charge is 2.30. The van der Waals surface area contributed by atoms with Crippen molar-refractivity contribution in [1.82, 2.24) is 9.97 Å². The van der Waals surface area contributed by atoms with Crippen molar-refractivity contribution < 1.29 is 0 Å². The van der Waals surface area contributed by atoms with Crippen LogP contribution < -0.4 is 0 Å². The molecule has 3 nitrogen and oxygen atoms in total. The van der Waals surface area contributed by atoms with Gasteiger partial charge in [-0.25, -0.2) is 0 Å². The molecule has 3 aromatic rings. The molecule has 1 heterocycles. The van der Waals surface area contributed by atoms with Gasteiger partial charge in [0, 0.05) is 12.4 Å². The minimum atomic E-state index is -0.793. The summed E-state index contributed by atoms with van der Waals surface area (Å²) in [5.74, 6) is 0. The Hall–Kier alpha value is -2.73. The first-order valence-electron chi connectivity index (χ1n) is 6.41. The largest absolute Gasteiger partial charge is 0.261 e. The monoisotopic (exact) mass is 259 g/mol. The van der Waals surface area contributed by atoms with E-state index in [1.165, 1.54) is 0 Å². The average Bonchev–Trinajstić information content (AvgIpc) is 2.54. The Labute approximate surface area is 117 Å². The maximum atomic E-state index is 9.65. The van der Waals surface area contributed by atoms with Crippen LogP contribution in [0.3, 0.4) is 0 Å². The zero-order valence-electron chi connectivity index (χ0n) is 11.1. The fourth-order valence-corrected chi connectivity index (χ4v) is 2.33. The van der Waals surface area contributed by atoms with Gasteiger partial charge < -0.3 is 0 Å². The van der Waals surface area contributed by atoms with Crippen LogP contribution in [0.5, 0.6) is 0 Å². The summed E-state index contributed by atoms with van der Waals surface area (Å²) in [6.45, 7) is 1.88. The minimum Gasteiger partial charge on any atom is -0.261 e. The number of benzene rings is 2. The lowest BCUT2D eigenvalue weighted by molar-refractivity contribution is 0.704. The first kappa shape index (κ1) is 12.3. The van der Waals surface area contributed by atoms with Gasteiger partial charge in [-0.2, -0.15) is 5.26 Å². The zero-order valence-corrected chi connectivity index (χ0v) is 11.1. The fourth-order valence-electron chi connectivity index (χ4n) is 2.33. The third-order valence-corrected chi connectivity index (χ3v) is 3.63. The molecule has 2 aromatic carbocycles. The highest BCUT2D eigenvalue weighted by atomic mass is 14.8. The van der Waals surface area contributed by atoms with Crippen LogP contribution in [0.15, 0.2) is 61.1 Å². The fraction of sp³-hybridized carbons (Fsp3) is 0.118. The van der Waals surface area contributed by atoms with Crippen LogP contribution in [0.2, 0.25) is 0 Å². The normalized spacial score (nSPS) is 13.6. The lowest BCUT2D eigenvalue weighted by Gasteiger charge is -2.21. The van der Waals surface area contributed by atoms with Gasteiger partial charge in [0.05, 0.1) is 18.0 Å². The van der Waals surface area contributed by atoms with Crippen LogP contribution in [-0.4, -0.2) is 9.97 Å². The molecule has 0 radical (unpaired) electrons. The van der Waals surface area contributed by atoms with Crippen molar-refractivity contribution in [3.63, 3.8) is 0 Å². The van der Waals surface area contributed by atoms with Crippen molar-refractivity contribution >= 4 is 10.8 Å². The van der Waals surface area contributed by atoms with E-state index in [9.17, 15) is 5.26 Å². The van der Waals surface area contributed by atoms with Crippen LogP contribution >= 0.6 is 0 Å². The first-order valence-corrected chi connectivity index (χ1v) is 6.41. The molecule has 1 unspecified atom stereocenters. The summed E-state index contributed by atoms with van der Waals surface area (Å²) < 4.78 is 0. The Morgan fingerprint density at radius 3 is 2.55 bits per heavy atom. The molecule has 96 valence electrons. The summed E-state index contributed by atoms with van der Waals surface area (Å²) in [4.78, 5) is 8.37. The van der Waals surface area contributed by atoms with E-state index in [0.717, 1.165) is 16.3 Å². The van der Waals surface area contributed by atoms with Crippen molar-refractivity contribution in [3.8, 4) is 6.07 Å². The van der Waals surface area contributed by atoms with E-state index in [2.05, 4.69) is 22.1 Å². The van der Waals surface area contributed by atoms with Gasteiger partial charge in [-0.05, 0) is 29.3 Å². The van der Waals surface area contributed by atoms with Gasteiger partial charge in [0.15, 0.2) is 0 Å². The number of aromatic nitrogens is 2. The topological polar surface area (TPSA) is 49.6 Å². The maximum absolute atomic E-state index is 9.65. The van der Waals surface area contributed by atoms with Crippen molar-refractivity contribution in [2.24, 2.45) is 0 Å². The molecule has 0 saturated heterocycles. The van der Waals surface area contributed by atoms with Crippen LogP contribution in [-0.2, 0) is 5.41 Å². The summed E-state index contributed by atoms with van der Waals surface area (Å²) in [7, 11) is 0. The number of hydrogen-bond acceptors (Lipinski definition) is 3. The van der Waals surface area contributed by atoms with Gasteiger partial charge in [-0.15, -0.1) is 0 Å². The third kappa shape index (κ3) is 1.92. The molecule has 3 heteroatoms. The second-order valence-corrected chi connectivity index (χ2v) is 4.89. The van der Waals surface area contributed by atoms with E-state index in [0.29, 0.717) is 5.69 Å². The quantitative estimate of drug-likeness (QED) is 0.708. The molecule has 0 spiro atoms. The average molecular weight is 259 g/mol. The summed E-state index contributed by atoms with van der Waals surface area (Å²) in [6.07, 6.45) is 4.88. The van der Waals surface area contributed by atoms with E-state index < -0.39 is 5.41 Å². The molecule has 1 aromatic heterocycles. The van der Waals surface area contributed by atoms with Crippen molar-refractivity contribution in [1.29, 1.82) is 5.26 Å². The standard InChI is InChI=1S/C17H13N3/c1-17(12-18,16-11-19-8-9-20-16)15-7-6-13-4-2-3-5-14(13)10-15/h2-11H,1H3. The number of nitrogens with zero attached hydrogens (tertiary/aromatic N) is 3. The van der Waals surface area contributed by atoms with Crippen LogP contribution in [0, 0.1) is 11.3 Å². The van der Waals surface area contributed by atoms with E-state index in [-0.39, 0.29) is 0 Å². The van der Waals surface area contributed by atoms with Gasteiger partial charge >= 0.3 is 0 Å².